The first-order valence-electron chi connectivity index (χ1n) is 5.51. The Morgan fingerprint density at radius 2 is 1.83 bits per heavy atom. The average Bonchev–Trinajstić information content (AvgIpc) is 2.39. The number of pyridine rings is 2. The van der Waals surface area contributed by atoms with Crippen LogP contribution in [0.1, 0.15) is 0 Å². The van der Waals surface area contributed by atoms with Crippen molar-refractivity contribution in [1.82, 2.24) is 9.97 Å². The molecule has 3 rings (SSSR count). The van der Waals surface area contributed by atoms with Crippen LogP contribution in [0.3, 0.4) is 0 Å². The largest absolute Gasteiger partial charge is 0.383 e. The average molecular weight is 256 g/mol. The molecular formula is C14H10ClN3. The van der Waals surface area contributed by atoms with Crippen LogP contribution >= 0.6 is 11.6 Å². The van der Waals surface area contributed by atoms with Gasteiger partial charge in [-0.1, -0.05) is 41.9 Å². The minimum absolute atomic E-state index is 0.418. The van der Waals surface area contributed by atoms with Crippen molar-refractivity contribution in [3.8, 4) is 11.1 Å². The summed E-state index contributed by atoms with van der Waals surface area (Å²) < 4.78 is 0. The summed E-state index contributed by atoms with van der Waals surface area (Å²) in [5.41, 5.74) is 8.70. The highest BCUT2D eigenvalue weighted by Crippen LogP contribution is 2.28. The van der Waals surface area contributed by atoms with E-state index in [-0.39, 0.29) is 0 Å². The van der Waals surface area contributed by atoms with Crippen molar-refractivity contribution in [3.05, 3.63) is 53.8 Å². The Kier molecular flexibility index (Phi) is 2.61. The molecule has 0 atom stereocenters. The number of aromatic nitrogens is 2. The molecule has 2 heterocycles. The van der Waals surface area contributed by atoms with Crippen molar-refractivity contribution in [3.63, 3.8) is 0 Å². The van der Waals surface area contributed by atoms with Crippen LogP contribution in [0.15, 0.2) is 48.7 Å². The molecule has 0 aliphatic heterocycles. The molecule has 1 aromatic carbocycles. The number of nitrogens with zero attached hydrogens (tertiary/aromatic N) is 2. The number of anilines is 1. The fourth-order valence-corrected chi connectivity index (χ4v) is 2.06. The lowest BCUT2D eigenvalue weighted by Gasteiger charge is -2.07. The zero-order chi connectivity index (χ0) is 12.5. The molecule has 2 N–H and O–H groups in total. The SMILES string of the molecule is Nc1nc2cc(Cl)ncc2cc1-c1ccccc1. The zero-order valence-electron chi connectivity index (χ0n) is 9.47. The van der Waals surface area contributed by atoms with Crippen LogP contribution in [0, 0.1) is 0 Å². The molecule has 0 amide bonds. The Balaban J connectivity index is 2.25. The van der Waals surface area contributed by atoms with Crippen molar-refractivity contribution in [1.29, 1.82) is 0 Å². The van der Waals surface area contributed by atoms with E-state index < -0.39 is 0 Å². The van der Waals surface area contributed by atoms with Gasteiger partial charge in [0.1, 0.15) is 11.0 Å². The van der Waals surface area contributed by atoms with Crippen molar-refractivity contribution in [2.75, 3.05) is 5.73 Å². The third-order valence-corrected chi connectivity index (χ3v) is 2.99. The molecule has 18 heavy (non-hydrogen) atoms. The molecule has 0 saturated carbocycles. The summed E-state index contributed by atoms with van der Waals surface area (Å²) >= 11 is 5.84. The van der Waals surface area contributed by atoms with Gasteiger partial charge in [0.15, 0.2) is 0 Å². The Morgan fingerprint density at radius 3 is 2.61 bits per heavy atom. The number of rotatable bonds is 1. The lowest BCUT2D eigenvalue weighted by Crippen LogP contribution is -1.95. The van der Waals surface area contributed by atoms with Gasteiger partial charge in [0.2, 0.25) is 0 Å². The normalized spacial score (nSPS) is 10.7. The second-order valence-corrected chi connectivity index (χ2v) is 4.37. The summed E-state index contributed by atoms with van der Waals surface area (Å²) in [5, 5.41) is 1.34. The summed E-state index contributed by atoms with van der Waals surface area (Å²) in [6.07, 6.45) is 1.70. The van der Waals surface area contributed by atoms with E-state index in [1.54, 1.807) is 12.3 Å². The van der Waals surface area contributed by atoms with E-state index in [4.69, 9.17) is 17.3 Å². The first kappa shape index (κ1) is 11.0. The second-order valence-electron chi connectivity index (χ2n) is 3.99. The highest BCUT2D eigenvalue weighted by molar-refractivity contribution is 6.30. The summed E-state index contributed by atoms with van der Waals surface area (Å²) in [6, 6.07) is 13.6. The van der Waals surface area contributed by atoms with Crippen molar-refractivity contribution in [2.45, 2.75) is 0 Å². The molecule has 0 unspecified atom stereocenters. The minimum Gasteiger partial charge on any atom is -0.383 e. The molecule has 0 fully saturated rings. The fraction of sp³-hybridized carbons (Fsp3) is 0. The topological polar surface area (TPSA) is 51.8 Å². The third-order valence-electron chi connectivity index (χ3n) is 2.78. The smallest absolute Gasteiger partial charge is 0.132 e. The van der Waals surface area contributed by atoms with E-state index in [9.17, 15) is 0 Å². The monoisotopic (exact) mass is 255 g/mol. The molecule has 0 saturated heterocycles. The van der Waals surface area contributed by atoms with Gasteiger partial charge in [0.05, 0.1) is 5.52 Å². The number of benzene rings is 1. The summed E-state index contributed by atoms with van der Waals surface area (Å²) in [5.74, 6) is 0.496. The number of hydrogen-bond donors (Lipinski definition) is 1. The lowest BCUT2D eigenvalue weighted by molar-refractivity contribution is 1.33. The molecule has 0 aliphatic carbocycles. The summed E-state index contributed by atoms with van der Waals surface area (Å²) in [4.78, 5) is 8.42. The number of fused-ring (bicyclic) bond motifs is 1. The minimum atomic E-state index is 0.418. The summed E-state index contributed by atoms with van der Waals surface area (Å²) in [6.45, 7) is 0. The quantitative estimate of drug-likeness (QED) is 0.677. The van der Waals surface area contributed by atoms with Crippen LogP contribution in [0.4, 0.5) is 5.82 Å². The van der Waals surface area contributed by atoms with Crippen molar-refractivity contribution in [2.24, 2.45) is 0 Å². The molecule has 0 radical (unpaired) electrons. The van der Waals surface area contributed by atoms with Crippen molar-refractivity contribution < 1.29 is 0 Å². The molecule has 88 valence electrons. The van der Waals surface area contributed by atoms with Crippen LogP contribution in [0.5, 0.6) is 0 Å². The van der Waals surface area contributed by atoms with E-state index >= 15 is 0 Å². The highest BCUT2D eigenvalue weighted by atomic mass is 35.5. The number of halogens is 1. The maximum absolute atomic E-state index is 5.99. The number of nitrogens with two attached hydrogens (primary N) is 1. The van der Waals surface area contributed by atoms with Crippen LogP contribution in [0.2, 0.25) is 5.15 Å². The van der Waals surface area contributed by atoms with Gasteiger partial charge in [-0.2, -0.15) is 0 Å². The lowest BCUT2D eigenvalue weighted by atomic mass is 10.1. The predicted molar refractivity (Wildman–Crippen MR) is 74.4 cm³/mol. The van der Waals surface area contributed by atoms with Gasteiger partial charge in [0.25, 0.3) is 0 Å². The molecule has 2 aromatic heterocycles. The van der Waals surface area contributed by atoms with Crippen LogP contribution in [0.25, 0.3) is 22.0 Å². The number of hydrogen-bond acceptors (Lipinski definition) is 3. The fourth-order valence-electron chi connectivity index (χ4n) is 1.91. The maximum Gasteiger partial charge on any atom is 0.132 e. The van der Waals surface area contributed by atoms with E-state index in [1.165, 1.54) is 0 Å². The Labute approximate surface area is 109 Å². The van der Waals surface area contributed by atoms with E-state index in [2.05, 4.69) is 9.97 Å². The van der Waals surface area contributed by atoms with E-state index in [1.807, 2.05) is 36.4 Å². The van der Waals surface area contributed by atoms with E-state index in [0.717, 1.165) is 22.0 Å². The van der Waals surface area contributed by atoms with Gasteiger partial charge in [-0.15, -0.1) is 0 Å². The van der Waals surface area contributed by atoms with Crippen molar-refractivity contribution >= 4 is 28.3 Å². The standard InChI is InChI=1S/C14H10ClN3/c15-13-7-12-10(8-17-13)6-11(14(16)18-12)9-4-2-1-3-5-9/h1-8H,(H2,16,18). The van der Waals surface area contributed by atoms with Gasteiger partial charge in [0, 0.05) is 23.2 Å². The molecule has 0 aliphatic rings. The zero-order valence-corrected chi connectivity index (χ0v) is 10.2. The van der Waals surface area contributed by atoms with Gasteiger partial charge < -0.3 is 5.73 Å². The maximum atomic E-state index is 5.99. The van der Waals surface area contributed by atoms with Gasteiger partial charge >= 0.3 is 0 Å². The molecule has 4 heteroatoms. The number of nitrogen functional groups attached to an aromatic ring is 1. The molecule has 3 nitrogen and oxygen atoms in total. The first-order chi connectivity index (χ1) is 8.74. The third kappa shape index (κ3) is 1.89. The van der Waals surface area contributed by atoms with Crippen LogP contribution in [-0.2, 0) is 0 Å². The molecule has 0 bridgehead atoms. The first-order valence-corrected chi connectivity index (χ1v) is 5.89. The van der Waals surface area contributed by atoms with Gasteiger partial charge in [-0.3, -0.25) is 0 Å². The van der Waals surface area contributed by atoms with Gasteiger partial charge in [-0.05, 0) is 11.6 Å². The highest BCUT2D eigenvalue weighted by Gasteiger charge is 2.06. The second kappa shape index (κ2) is 4.27. The Hall–Kier alpha value is -2.13. The van der Waals surface area contributed by atoms with E-state index in [0.29, 0.717) is 11.0 Å². The molecular weight excluding hydrogens is 246 g/mol. The molecule has 3 aromatic rings. The van der Waals surface area contributed by atoms with Crippen LogP contribution in [-0.4, -0.2) is 9.97 Å². The van der Waals surface area contributed by atoms with Crippen LogP contribution < -0.4 is 5.73 Å². The van der Waals surface area contributed by atoms with Gasteiger partial charge in [-0.25, -0.2) is 9.97 Å². The molecule has 0 spiro atoms. The Bertz CT molecular complexity index is 711. The Morgan fingerprint density at radius 1 is 1.06 bits per heavy atom. The predicted octanol–water partition coefficient (Wildman–Crippen LogP) is 3.53. The summed E-state index contributed by atoms with van der Waals surface area (Å²) in [7, 11) is 0.